The minimum absolute atomic E-state index is 0.125. The summed E-state index contributed by atoms with van der Waals surface area (Å²) >= 11 is 0. The number of hydrogen-bond acceptors (Lipinski definition) is 2. The molecular formula is C7H7NO. The van der Waals surface area contributed by atoms with Crippen molar-refractivity contribution in [3.8, 4) is 0 Å². The van der Waals surface area contributed by atoms with Crippen LogP contribution in [0.25, 0.3) is 0 Å². The van der Waals surface area contributed by atoms with E-state index in [-0.39, 0.29) is 5.43 Å². The lowest BCUT2D eigenvalue weighted by atomic mass is 10.4. The lowest BCUT2D eigenvalue weighted by molar-refractivity contribution is 1.65. The predicted molar refractivity (Wildman–Crippen MR) is 37.1 cm³/mol. The van der Waals surface area contributed by atoms with Gasteiger partial charge in [-0.1, -0.05) is 18.2 Å². The van der Waals surface area contributed by atoms with Crippen LogP contribution in [0.5, 0.6) is 0 Å². The van der Waals surface area contributed by atoms with Crippen molar-refractivity contribution in [2.75, 3.05) is 5.73 Å². The molecule has 0 unspecified atom stereocenters. The van der Waals surface area contributed by atoms with Gasteiger partial charge in [0.1, 0.15) is 0 Å². The Balaban J connectivity index is 3.42. The van der Waals surface area contributed by atoms with Crippen molar-refractivity contribution in [1.29, 1.82) is 0 Å². The molecule has 0 fully saturated rings. The Labute approximate surface area is 52.9 Å². The number of rotatable bonds is 0. The second-order valence-corrected chi connectivity index (χ2v) is 1.73. The van der Waals surface area contributed by atoms with Crippen LogP contribution in [0, 0.1) is 0 Å². The lowest BCUT2D eigenvalue weighted by Gasteiger charge is -1.76. The van der Waals surface area contributed by atoms with Gasteiger partial charge < -0.3 is 5.73 Å². The lowest BCUT2D eigenvalue weighted by Crippen LogP contribution is -2.01. The van der Waals surface area contributed by atoms with Gasteiger partial charge in [0.05, 0.1) is 5.69 Å². The third-order valence-electron chi connectivity index (χ3n) is 1.03. The Morgan fingerprint density at radius 1 is 1.11 bits per heavy atom. The fourth-order valence-electron chi connectivity index (χ4n) is 0.545. The summed E-state index contributed by atoms with van der Waals surface area (Å²) in [5.41, 5.74) is 5.45. The molecule has 0 aromatic heterocycles. The van der Waals surface area contributed by atoms with Crippen LogP contribution in [0.3, 0.4) is 0 Å². The van der Waals surface area contributed by atoms with Gasteiger partial charge in [-0.3, -0.25) is 4.79 Å². The zero-order valence-corrected chi connectivity index (χ0v) is 4.87. The number of nitrogen functional groups attached to an aromatic ring is 1. The molecule has 9 heavy (non-hydrogen) atoms. The maximum atomic E-state index is 10.7. The highest BCUT2D eigenvalue weighted by atomic mass is 16.1. The van der Waals surface area contributed by atoms with Gasteiger partial charge in [0.25, 0.3) is 0 Å². The van der Waals surface area contributed by atoms with E-state index in [0.29, 0.717) is 5.69 Å². The van der Waals surface area contributed by atoms with Crippen LogP contribution < -0.4 is 11.2 Å². The quantitative estimate of drug-likeness (QED) is 0.547. The SMILES string of the molecule is Nc1cccccc1=O. The average molecular weight is 121 g/mol. The minimum atomic E-state index is -0.125. The minimum Gasteiger partial charge on any atom is -0.396 e. The van der Waals surface area contributed by atoms with E-state index in [0.717, 1.165) is 0 Å². The fourth-order valence-corrected chi connectivity index (χ4v) is 0.545. The Bertz CT molecular complexity index is 257. The molecule has 46 valence electrons. The van der Waals surface area contributed by atoms with Gasteiger partial charge in [-0.05, 0) is 12.1 Å². The van der Waals surface area contributed by atoms with E-state index in [9.17, 15) is 4.79 Å². The molecule has 1 rings (SSSR count). The second kappa shape index (κ2) is 2.31. The average Bonchev–Trinajstić information content (AvgIpc) is 1.99. The highest BCUT2D eigenvalue weighted by Gasteiger charge is 1.83. The van der Waals surface area contributed by atoms with E-state index < -0.39 is 0 Å². The zero-order valence-electron chi connectivity index (χ0n) is 4.87. The Kier molecular flexibility index (Phi) is 1.49. The van der Waals surface area contributed by atoms with E-state index in [2.05, 4.69) is 0 Å². The summed E-state index contributed by atoms with van der Waals surface area (Å²) in [6.45, 7) is 0. The summed E-state index contributed by atoms with van der Waals surface area (Å²) in [6, 6.07) is 8.19. The smallest absolute Gasteiger partial charge is 0.201 e. The van der Waals surface area contributed by atoms with Gasteiger partial charge >= 0.3 is 0 Å². The molecule has 0 spiro atoms. The van der Waals surface area contributed by atoms with Crippen molar-refractivity contribution in [1.82, 2.24) is 0 Å². The molecule has 0 aliphatic rings. The van der Waals surface area contributed by atoms with Gasteiger partial charge in [-0.15, -0.1) is 0 Å². The summed E-state index contributed by atoms with van der Waals surface area (Å²) in [6.07, 6.45) is 0. The van der Waals surface area contributed by atoms with Gasteiger partial charge in [0, 0.05) is 0 Å². The summed E-state index contributed by atoms with van der Waals surface area (Å²) in [5.74, 6) is 0. The maximum absolute atomic E-state index is 10.7. The fraction of sp³-hybridized carbons (Fsp3) is 0. The van der Waals surface area contributed by atoms with Crippen molar-refractivity contribution < 1.29 is 0 Å². The van der Waals surface area contributed by atoms with Crippen LogP contribution in [0.1, 0.15) is 0 Å². The molecule has 2 nitrogen and oxygen atoms in total. The Morgan fingerprint density at radius 2 is 1.78 bits per heavy atom. The van der Waals surface area contributed by atoms with Crippen LogP contribution >= 0.6 is 0 Å². The first kappa shape index (κ1) is 5.82. The summed E-state index contributed by atoms with van der Waals surface area (Å²) < 4.78 is 0. The highest BCUT2D eigenvalue weighted by Crippen LogP contribution is 1.87. The zero-order chi connectivity index (χ0) is 6.69. The molecule has 0 aliphatic heterocycles. The van der Waals surface area contributed by atoms with E-state index in [1.807, 2.05) is 0 Å². The molecule has 0 bridgehead atoms. The molecule has 0 radical (unpaired) electrons. The number of hydrogen-bond donors (Lipinski definition) is 1. The maximum Gasteiger partial charge on any atom is 0.201 e. The monoisotopic (exact) mass is 121 g/mol. The Hall–Kier alpha value is -1.31. The van der Waals surface area contributed by atoms with Crippen LogP contribution in [0.15, 0.2) is 35.1 Å². The van der Waals surface area contributed by atoms with E-state index in [1.165, 1.54) is 6.07 Å². The van der Waals surface area contributed by atoms with Gasteiger partial charge in [-0.25, -0.2) is 0 Å². The molecule has 0 saturated heterocycles. The molecule has 0 amide bonds. The van der Waals surface area contributed by atoms with Gasteiger partial charge in [-0.2, -0.15) is 0 Å². The van der Waals surface area contributed by atoms with Crippen LogP contribution in [-0.4, -0.2) is 0 Å². The summed E-state index contributed by atoms with van der Waals surface area (Å²) in [7, 11) is 0. The van der Waals surface area contributed by atoms with Crippen LogP contribution in [0.4, 0.5) is 5.69 Å². The predicted octanol–water partition coefficient (Wildman–Crippen LogP) is 0.629. The van der Waals surface area contributed by atoms with Gasteiger partial charge in [0.15, 0.2) is 0 Å². The van der Waals surface area contributed by atoms with E-state index in [1.54, 1.807) is 24.3 Å². The molecule has 0 heterocycles. The first-order valence-corrected chi connectivity index (χ1v) is 2.65. The highest BCUT2D eigenvalue weighted by molar-refractivity contribution is 5.35. The molecule has 2 heteroatoms. The van der Waals surface area contributed by atoms with Crippen molar-refractivity contribution >= 4 is 5.69 Å². The van der Waals surface area contributed by atoms with Crippen molar-refractivity contribution in [2.45, 2.75) is 0 Å². The number of nitrogens with two attached hydrogens (primary N) is 1. The van der Waals surface area contributed by atoms with Gasteiger partial charge in [0.2, 0.25) is 5.43 Å². The summed E-state index contributed by atoms with van der Waals surface area (Å²) in [5, 5.41) is 0. The van der Waals surface area contributed by atoms with Crippen LogP contribution in [0.2, 0.25) is 0 Å². The third-order valence-corrected chi connectivity index (χ3v) is 1.03. The molecule has 1 aromatic carbocycles. The van der Waals surface area contributed by atoms with Crippen molar-refractivity contribution in [3.05, 3.63) is 40.6 Å². The first-order chi connectivity index (χ1) is 4.30. The standard InChI is InChI=1S/C7H7NO/c8-6-4-2-1-3-5-7(6)9/h1-5H,(H2,8,9). The summed E-state index contributed by atoms with van der Waals surface area (Å²) in [4.78, 5) is 10.7. The molecule has 0 saturated carbocycles. The van der Waals surface area contributed by atoms with Crippen molar-refractivity contribution in [3.63, 3.8) is 0 Å². The third kappa shape index (κ3) is 1.29. The molecule has 2 N–H and O–H groups in total. The normalized spacial score (nSPS) is 8.89. The second-order valence-electron chi connectivity index (χ2n) is 1.73. The molecule has 0 aliphatic carbocycles. The Morgan fingerprint density at radius 3 is 2.56 bits per heavy atom. The largest absolute Gasteiger partial charge is 0.396 e. The van der Waals surface area contributed by atoms with Crippen molar-refractivity contribution in [2.24, 2.45) is 0 Å². The first-order valence-electron chi connectivity index (χ1n) is 2.65. The number of anilines is 1. The van der Waals surface area contributed by atoms with Crippen LogP contribution in [-0.2, 0) is 0 Å². The molecule has 1 aromatic rings. The van der Waals surface area contributed by atoms with E-state index >= 15 is 0 Å². The molecule has 0 atom stereocenters. The topological polar surface area (TPSA) is 43.1 Å². The molecular weight excluding hydrogens is 114 g/mol. The van der Waals surface area contributed by atoms with E-state index in [4.69, 9.17) is 5.73 Å².